The first kappa shape index (κ1) is 13.6. The SMILES string of the molecule is [B]C/C=C/C([B])=C\C(C)OCC(C)C. The summed E-state index contributed by atoms with van der Waals surface area (Å²) in [5.74, 6) is 0.548. The van der Waals surface area contributed by atoms with E-state index in [2.05, 4.69) is 13.8 Å². The van der Waals surface area contributed by atoms with Gasteiger partial charge in [-0.05, 0) is 12.8 Å². The van der Waals surface area contributed by atoms with Gasteiger partial charge in [-0.3, -0.25) is 0 Å². The predicted octanol–water partition coefficient (Wildman–Crippen LogP) is 2.24. The van der Waals surface area contributed by atoms with Crippen molar-refractivity contribution in [3.05, 3.63) is 23.7 Å². The summed E-state index contributed by atoms with van der Waals surface area (Å²) in [6, 6.07) is 0. The Bertz CT molecular complexity index is 197. The van der Waals surface area contributed by atoms with Crippen molar-refractivity contribution >= 4 is 15.7 Å². The Labute approximate surface area is 90.4 Å². The maximum atomic E-state index is 5.71. The molecule has 0 aliphatic carbocycles. The minimum Gasteiger partial charge on any atom is -0.374 e. The summed E-state index contributed by atoms with van der Waals surface area (Å²) in [5, 5.41) is 0. The van der Waals surface area contributed by atoms with Crippen molar-refractivity contribution in [1.29, 1.82) is 0 Å². The third kappa shape index (κ3) is 8.18. The van der Waals surface area contributed by atoms with Crippen molar-refractivity contribution in [2.24, 2.45) is 5.92 Å². The van der Waals surface area contributed by atoms with Crippen molar-refractivity contribution in [3.63, 3.8) is 0 Å². The zero-order valence-corrected chi connectivity index (χ0v) is 9.36. The quantitative estimate of drug-likeness (QED) is 0.458. The molecular weight excluding hydrogens is 170 g/mol. The molecule has 0 aliphatic rings. The molecule has 0 amide bonds. The van der Waals surface area contributed by atoms with Crippen LogP contribution in [0, 0.1) is 5.92 Å². The Morgan fingerprint density at radius 2 is 2.00 bits per heavy atom. The molecule has 4 radical (unpaired) electrons. The van der Waals surface area contributed by atoms with Gasteiger partial charge in [0.05, 0.1) is 14.0 Å². The molecule has 0 aromatic rings. The van der Waals surface area contributed by atoms with E-state index in [4.69, 9.17) is 20.4 Å². The maximum absolute atomic E-state index is 5.71. The lowest BCUT2D eigenvalue weighted by molar-refractivity contribution is 0.0761. The Morgan fingerprint density at radius 1 is 1.36 bits per heavy atom. The van der Waals surface area contributed by atoms with Crippen molar-refractivity contribution in [2.45, 2.75) is 33.2 Å². The van der Waals surface area contributed by atoms with Gasteiger partial charge in [-0.2, -0.15) is 0 Å². The van der Waals surface area contributed by atoms with Gasteiger partial charge in [-0.15, -0.1) is 0 Å². The highest BCUT2D eigenvalue weighted by Crippen LogP contribution is 2.02. The van der Waals surface area contributed by atoms with E-state index < -0.39 is 0 Å². The number of ether oxygens (including phenoxy) is 1. The molecule has 0 N–H and O–H groups in total. The fraction of sp³-hybridized carbons (Fsp3) is 0.636. The molecule has 0 heterocycles. The number of rotatable bonds is 6. The lowest BCUT2D eigenvalue weighted by Crippen LogP contribution is -2.10. The first-order valence-corrected chi connectivity index (χ1v) is 5.01. The van der Waals surface area contributed by atoms with Crippen LogP contribution in [-0.2, 0) is 4.74 Å². The molecule has 1 unspecified atom stereocenters. The van der Waals surface area contributed by atoms with Crippen LogP contribution in [0.25, 0.3) is 0 Å². The van der Waals surface area contributed by atoms with Crippen LogP contribution in [0.3, 0.4) is 0 Å². The molecule has 0 rings (SSSR count). The molecular formula is C11H18B2O. The second kappa shape index (κ2) is 7.93. The molecule has 14 heavy (non-hydrogen) atoms. The van der Waals surface area contributed by atoms with E-state index >= 15 is 0 Å². The highest BCUT2D eigenvalue weighted by molar-refractivity contribution is 6.23. The maximum Gasteiger partial charge on any atom is 0.113 e. The molecule has 0 fully saturated rings. The van der Waals surface area contributed by atoms with Crippen molar-refractivity contribution < 1.29 is 4.74 Å². The van der Waals surface area contributed by atoms with Crippen LogP contribution in [0.15, 0.2) is 23.7 Å². The average molecular weight is 188 g/mol. The molecule has 74 valence electrons. The topological polar surface area (TPSA) is 9.23 Å². The summed E-state index contributed by atoms with van der Waals surface area (Å²) in [5.41, 5.74) is 0.701. The summed E-state index contributed by atoms with van der Waals surface area (Å²) in [7, 11) is 11.0. The zero-order valence-electron chi connectivity index (χ0n) is 9.36. The largest absolute Gasteiger partial charge is 0.374 e. The molecule has 0 spiro atoms. The molecule has 0 bridgehead atoms. The molecule has 0 saturated carbocycles. The van der Waals surface area contributed by atoms with E-state index in [9.17, 15) is 0 Å². The van der Waals surface area contributed by atoms with E-state index in [0.29, 0.717) is 17.7 Å². The smallest absolute Gasteiger partial charge is 0.113 e. The van der Waals surface area contributed by atoms with Gasteiger partial charge in [0.15, 0.2) is 0 Å². The van der Waals surface area contributed by atoms with E-state index in [1.807, 2.05) is 19.1 Å². The van der Waals surface area contributed by atoms with Gasteiger partial charge in [-0.25, -0.2) is 0 Å². The van der Waals surface area contributed by atoms with Crippen LogP contribution in [0.1, 0.15) is 20.8 Å². The molecule has 0 aromatic carbocycles. The van der Waals surface area contributed by atoms with Gasteiger partial charge in [0.25, 0.3) is 0 Å². The number of hydrogen-bond donors (Lipinski definition) is 0. The van der Waals surface area contributed by atoms with E-state index in [1.54, 1.807) is 6.08 Å². The van der Waals surface area contributed by atoms with Crippen LogP contribution in [0.2, 0.25) is 6.32 Å². The van der Waals surface area contributed by atoms with Gasteiger partial charge in [0, 0.05) is 6.61 Å². The van der Waals surface area contributed by atoms with Crippen LogP contribution >= 0.6 is 0 Å². The van der Waals surface area contributed by atoms with Gasteiger partial charge < -0.3 is 4.74 Å². The lowest BCUT2D eigenvalue weighted by Gasteiger charge is -2.11. The third-order valence-electron chi connectivity index (χ3n) is 1.57. The molecule has 0 aromatic heterocycles. The van der Waals surface area contributed by atoms with E-state index in [-0.39, 0.29) is 6.10 Å². The predicted molar refractivity (Wildman–Crippen MR) is 63.8 cm³/mol. The number of allylic oxidation sites excluding steroid dienone is 3. The van der Waals surface area contributed by atoms with Crippen molar-refractivity contribution in [1.82, 2.24) is 0 Å². The Morgan fingerprint density at radius 3 is 2.50 bits per heavy atom. The molecule has 0 aliphatic heterocycles. The fourth-order valence-electron chi connectivity index (χ4n) is 0.923. The molecule has 0 saturated heterocycles. The Hall–Kier alpha value is -0.430. The van der Waals surface area contributed by atoms with Gasteiger partial charge in [0.2, 0.25) is 0 Å². The minimum absolute atomic E-state index is 0.0554. The molecule has 3 heteroatoms. The lowest BCUT2D eigenvalue weighted by atomic mass is 9.92. The molecule has 1 nitrogen and oxygen atoms in total. The zero-order chi connectivity index (χ0) is 11.0. The van der Waals surface area contributed by atoms with Crippen LogP contribution in [0.4, 0.5) is 0 Å². The normalized spacial score (nSPS) is 15.3. The molecule has 1 atom stereocenters. The first-order chi connectivity index (χ1) is 6.56. The summed E-state index contributed by atoms with van der Waals surface area (Å²) in [6.07, 6.45) is 6.07. The van der Waals surface area contributed by atoms with Crippen LogP contribution in [0.5, 0.6) is 0 Å². The Kier molecular flexibility index (Phi) is 7.68. The summed E-state index contributed by atoms with van der Waals surface area (Å²) >= 11 is 0. The third-order valence-corrected chi connectivity index (χ3v) is 1.57. The van der Waals surface area contributed by atoms with Gasteiger partial charge in [0.1, 0.15) is 7.85 Å². The van der Waals surface area contributed by atoms with Crippen LogP contribution < -0.4 is 0 Å². The second-order valence-corrected chi connectivity index (χ2v) is 3.74. The van der Waals surface area contributed by atoms with Crippen molar-refractivity contribution in [2.75, 3.05) is 6.61 Å². The summed E-state index contributed by atoms with van der Waals surface area (Å²) in [4.78, 5) is 0. The van der Waals surface area contributed by atoms with E-state index in [0.717, 1.165) is 6.61 Å². The minimum atomic E-state index is 0.0554. The summed E-state index contributed by atoms with van der Waals surface area (Å²) < 4.78 is 5.53. The van der Waals surface area contributed by atoms with Gasteiger partial charge in [-0.1, -0.05) is 43.9 Å². The number of hydrogen-bond acceptors (Lipinski definition) is 1. The van der Waals surface area contributed by atoms with Crippen molar-refractivity contribution in [3.8, 4) is 0 Å². The standard InChI is InChI=1S/C11H18B2O/c1-9(2)8-14-10(3)7-11(13)5-4-6-12/h4-5,7,9-10H,6,8H2,1-3H3/b5-4+,11-7+. The fourth-order valence-corrected chi connectivity index (χ4v) is 0.923. The van der Waals surface area contributed by atoms with E-state index in [1.165, 1.54) is 0 Å². The summed E-state index contributed by atoms with van der Waals surface area (Å²) in [6.45, 7) is 6.97. The van der Waals surface area contributed by atoms with Crippen LogP contribution in [-0.4, -0.2) is 28.4 Å². The second-order valence-electron chi connectivity index (χ2n) is 3.74. The average Bonchev–Trinajstić information content (AvgIpc) is 2.11. The van der Waals surface area contributed by atoms with Gasteiger partial charge >= 0.3 is 0 Å². The monoisotopic (exact) mass is 188 g/mol. The highest BCUT2D eigenvalue weighted by atomic mass is 16.5. The first-order valence-electron chi connectivity index (χ1n) is 5.01. The Balaban J connectivity index is 3.88. The highest BCUT2D eigenvalue weighted by Gasteiger charge is 1.99.